The van der Waals surface area contributed by atoms with Crippen LogP contribution < -0.4 is 0 Å². The third kappa shape index (κ3) is 2.44. The van der Waals surface area contributed by atoms with Gasteiger partial charge in [0, 0.05) is 22.8 Å². The van der Waals surface area contributed by atoms with E-state index in [0.717, 1.165) is 0 Å². The molecule has 0 bridgehead atoms. The van der Waals surface area contributed by atoms with Gasteiger partial charge >= 0.3 is 0 Å². The van der Waals surface area contributed by atoms with Gasteiger partial charge in [-0.2, -0.15) is 5.10 Å². The standard InChI is InChI=1S/C12H10BrFN2O/c1-2-16-7-8(6-15-16)12(17)10-4-3-9(14)5-11(10)13/h3-7H,2H2,1H3. The monoisotopic (exact) mass is 296 g/mol. The Morgan fingerprint density at radius 1 is 1.53 bits per heavy atom. The molecule has 0 fully saturated rings. The Bertz CT molecular complexity index is 565. The Hall–Kier alpha value is -1.49. The van der Waals surface area contributed by atoms with Crippen molar-refractivity contribution in [2.24, 2.45) is 0 Å². The molecule has 0 N–H and O–H groups in total. The van der Waals surface area contributed by atoms with Gasteiger partial charge in [0.25, 0.3) is 0 Å². The molecule has 88 valence electrons. The number of aryl methyl sites for hydroxylation is 1. The lowest BCUT2D eigenvalue weighted by atomic mass is 10.1. The SMILES string of the molecule is CCn1cc(C(=O)c2ccc(F)cc2Br)cn1. The lowest BCUT2D eigenvalue weighted by Crippen LogP contribution is -2.01. The second kappa shape index (κ2) is 4.79. The minimum absolute atomic E-state index is 0.170. The van der Waals surface area contributed by atoms with E-state index in [2.05, 4.69) is 21.0 Å². The van der Waals surface area contributed by atoms with Gasteiger partial charge in [0.2, 0.25) is 0 Å². The Balaban J connectivity index is 2.36. The van der Waals surface area contributed by atoms with E-state index in [4.69, 9.17) is 0 Å². The number of rotatable bonds is 3. The Kier molecular flexibility index (Phi) is 3.38. The van der Waals surface area contributed by atoms with Crippen molar-refractivity contribution in [3.05, 3.63) is 52.0 Å². The Morgan fingerprint density at radius 2 is 2.29 bits per heavy atom. The van der Waals surface area contributed by atoms with Crippen LogP contribution in [0.5, 0.6) is 0 Å². The number of benzene rings is 1. The van der Waals surface area contributed by atoms with Crippen molar-refractivity contribution < 1.29 is 9.18 Å². The zero-order valence-corrected chi connectivity index (χ0v) is 10.7. The molecule has 0 saturated carbocycles. The predicted molar refractivity (Wildman–Crippen MR) is 65.4 cm³/mol. The summed E-state index contributed by atoms with van der Waals surface area (Å²) in [6, 6.07) is 4.00. The van der Waals surface area contributed by atoms with Crippen molar-refractivity contribution >= 4 is 21.7 Å². The number of aromatic nitrogens is 2. The molecule has 2 rings (SSSR count). The molecule has 0 atom stereocenters. The summed E-state index contributed by atoms with van der Waals surface area (Å²) in [7, 11) is 0. The van der Waals surface area contributed by atoms with Gasteiger partial charge in [-0.1, -0.05) is 0 Å². The van der Waals surface area contributed by atoms with E-state index in [0.29, 0.717) is 22.1 Å². The van der Waals surface area contributed by atoms with Crippen LogP contribution in [0.1, 0.15) is 22.8 Å². The first-order valence-electron chi connectivity index (χ1n) is 5.14. The fourth-order valence-corrected chi connectivity index (χ4v) is 2.01. The van der Waals surface area contributed by atoms with Crippen molar-refractivity contribution in [3.8, 4) is 0 Å². The molecule has 0 radical (unpaired) electrons. The maximum atomic E-state index is 12.9. The second-order valence-electron chi connectivity index (χ2n) is 3.54. The highest BCUT2D eigenvalue weighted by atomic mass is 79.9. The van der Waals surface area contributed by atoms with Crippen molar-refractivity contribution in [3.63, 3.8) is 0 Å². The fraction of sp³-hybridized carbons (Fsp3) is 0.167. The van der Waals surface area contributed by atoms with E-state index < -0.39 is 0 Å². The number of hydrogen-bond acceptors (Lipinski definition) is 2. The van der Waals surface area contributed by atoms with E-state index >= 15 is 0 Å². The first-order chi connectivity index (χ1) is 8.11. The van der Waals surface area contributed by atoms with E-state index in [1.54, 1.807) is 10.9 Å². The summed E-state index contributed by atoms with van der Waals surface area (Å²) in [6.07, 6.45) is 3.19. The van der Waals surface area contributed by atoms with Gasteiger partial charge in [-0.25, -0.2) is 4.39 Å². The number of nitrogens with zero attached hydrogens (tertiary/aromatic N) is 2. The zero-order valence-electron chi connectivity index (χ0n) is 9.15. The summed E-state index contributed by atoms with van der Waals surface area (Å²) >= 11 is 3.18. The van der Waals surface area contributed by atoms with Crippen LogP contribution in [-0.2, 0) is 6.54 Å². The fourth-order valence-electron chi connectivity index (χ4n) is 1.48. The highest BCUT2D eigenvalue weighted by molar-refractivity contribution is 9.10. The maximum absolute atomic E-state index is 12.9. The molecule has 0 unspecified atom stereocenters. The zero-order chi connectivity index (χ0) is 12.4. The number of carbonyl (C=O) groups is 1. The van der Waals surface area contributed by atoms with Gasteiger partial charge in [0.05, 0.1) is 11.8 Å². The summed E-state index contributed by atoms with van der Waals surface area (Å²) in [5.74, 6) is -0.547. The van der Waals surface area contributed by atoms with Gasteiger partial charge in [0.1, 0.15) is 5.82 Å². The van der Waals surface area contributed by atoms with Crippen LogP contribution in [0.2, 0.25) is 0 Å². The number of halogens is 2. The molecular formula is C12H10BrFN2O. The van der Waals surface area contributed by atoms with Gasteiger partial charge in [-0.3, -0.25) is 9.48 Å². The summed E-state index contributed by atoms with van der Waals surface area (Å²) in [6.45, 7) is 2.65. The Morgan fingerprint density at radius 3 is 2.88 bits per heavy atom. The average molecular weight is 297 g/mol. The number of hydrogen-bond donors (Lipinski definition) is 0. The Labute approximate surface area is 106 Å². The topological polar surface area (TPSA) is 34.9 Å². The van der Waals surface area contributed by atoms with Gasteiger partial charge in [0.15, 0.2) is 5.78 Å². The summed E-state index contributed by atoms with van der Waals surface area (Å²) < 4.78 is 15.0. The molecule has 0 amide bonds. The third-order valence-electron chi connectivity index (χ3n) is 2.40. The predicted octanol–water partition coefficient (Wildman–Crippen LogP) is 3.04. The third-order valence-corrected chi connectivity index (χ3v) is 3.05. The molecule has 2 aromatic rings. The number of carbonyl (C=O) groups excluding carboxylic acids is 1. The highest BCUT2D eigenvalue weighted by Crippen LogP contribution is 2.21. The van der Waals surface area contributed by atoms with Crippen LogP contribution >= 0.6 is 15.9 Å². The number of ketones is 1. The molecule has 1 heterocycles. The molecule has 5 heteroatoms. The van der Waals surface area contributed by atoms with E-state index in [-0.39, 0.29) is 11.6 Å². The molecule has 3 nitrogen and oxygen atoms in total. The summed E-state index contributed by atoms with van der Waals surface area (Å²) in [5.41, 5.74) is 0.932. The van der Waals surface area contributed by atoms with Crippen LogP contribution in [0.3, 0.4) is 0 Å². The van der Waals surface area contributed by atoms with Crippen molar-refractivity contribution in [2.45, 2.75) is 13.5 Å². The van der Waals surface area contributed by atoms with E-state index in [1.807, 2.05) is 6.92 Å². The van der Waals surface area contributed by atoms with E-state index in [9.17, 15) is 9.18 Å². The van der Waals surface area contributed by atoms with Gasteiger partial charge < -0.3 is 0 Å². The van der Waals surface area contributed by atoms with Crippen LogP contribution in [0.15, 0.2) is 35.1 Å². The first kappa shape index (κ1) is 12.0. The lowest BCUT2D eigenvalue weighted by molar-refractivity contribution is 0.103. The minimum atomic E-state index is -0.377. The normalized spacial score (nSPS) is 10.5. The smallest absolute Gasteiger partial charge is 0.197 e. The van der Waals surface area contributed by atoms with Crippen LogP contribution in [-0.4, -0.2) is 15.6 Å². The van der Waals surface area contributed by atoms with Crippen LogP contribution in [0.25, 0.3) is 0 Å². The highest BCUT2D eigenvalue weighted by Gasteiger charge is 2.14. The van der Waals surface area contributed by atoms with Gasteiger partial charge in [-0.15, -0.1) is 0 Å². The largest absolute Gasteiger partial charge is 0.288 e. The summed E-state index contributed by atoms with van der Waals surface area (Å²) in [5, 5.41) is 4.03. The molecule has 0 saturated heterocycles. The van der Waals surface area contributed by atoms with Crippen molar-refractivity contribution in [2.75, 3.05) is 0 Å². The molecule has 1 aromatic carbocycles. The van der Waals surface area contributed by atoms with Crippen LogP contribution in [0, 0.1) is 5.82 Å². The summed E-state index contributed by atoms with van der Waals surface area (Å²) in [4.78, 5) is 12.1. The second-order valence-corrected chi connectivity index (χ2v) is 4.39. The molecule has 1 aromatic heterocycles. The molecule has 0 spiro atoms. The van der Waals surface area contributed by atoms with Crippen LogP contribution in [0.4, 0.5) is 4.39 Å². The lowest BCUT2D eigenvalue weighted by Gasteiger charge is -2.01. The minimum Gasteiger partial charge on any atom is -0.288 e. The molecular weight excluding hydrogens is 287 g/mol. The van der Waals surface area contributed by atoms with Gasteiger partial charge in [-0.05, 0) is 41.1 Å². The molecule has 0 aliphatic rings. The quantitative estimate of drug-likeness (QED) is 0.816. The first-order valence-corrected chi connectivity index (χ1v) is 5.93. The van der Waals surface area contributed by atoms with Crippen molar-refractivity contribution in [1.82, 2.24) is 9.78 Å². The van der Waals surface area contributed by atoms with E-state index in [1.165, 1.54) is 24.4 Å². The molecule has 17 heavy (non-hydrogen) atoms. The molecule has 0 aliphatic carbocycles. The van der Waals surface area contributed by atoms with Crippen molar-refractivity contribution in [1.29, 1.82) is 0 Å². The maximum Gasteiger partial charge on any atom is 0.197 e. The average Bonchev–Trinajstić information content (AvgIpc) is 2.76. The molecule has 0 aliphatic heterocycles.